The molecular weight excluding hydrogens is 1450 g/mol. The standard InChI is InChI=1S/C80H106N10O22/c1-54(2)73(86-70(92)21-29-103-31-33-105-35-37-107-39-41-109-43-42-108-40-38-106-36-34-104-32-30-102-26-10-23-81-69(91)20-25-88-71(93)18-19-72(88)94)75(96)84-55(3)74(95)85-59-15-12-56(13-16-59)51-112-78(99)87(6)60-17-14-57-49-80(5)53-83-64-48-68(66(101-8)46-62(64)77(98)90(80)50-58(57)44-60)111-28-11-27-110-67-47-63-61(45-65(67)100-7)76(97)89-24-9-22-79(89,4)52-82-63/h12-19,44-48,52-55,73H,9-11,20-43,49-51H2,1-8H3,(H,81,91)(H,84,96)(H,85,95)(H,86,92)/t55-,73-,79-,80?/m0/s1. The second kappa shape index (κ2) is 43.2. The SMILES string of the molecule is COc1cc2c(cc1OCCCOc1cc3c(cc1OC)C(=O)N1CCC[C@@]1(C)C=N3)N=CC1(C)Cc3ccc(N(C)C(=O)OCc4ccc(NC(=O)[C@H](C)NC(=O)[C@@H](NC(=O)CCOCCOCCOCCOCCOCCOCCOCCOCCCNC(=O)CCN5C(=O)C=CC5=O)C(C)C)cc4)cc3CN1C2=O. The lowest BCUT2D eigenvalue weighted by molar-refractivity contribution is -0.137. The number of fused-ring (bicyclic) bond motifs is 5. The Morgan fingerprint density at radius 3 is 1.62 bits per heavy atom. The molecule has 5 aliphatic rings. The molecule has 9 amide bonds. The van der Waals surface area contributed by atoms with Crippen molar-refractivity contribution >= 4 is 88.5 Å². The van der Waals surface area contributed by atoms with E-state index in [1.54, 1.807) is 80.5 Å². The summed E-state index contributed by atoms with van der Waals surface area (Å²) in [6, 6.07) is 17.3. The number of aliphatic imine (C=N–C) groups is 2. The van der Waals surface area contributed by atoms with E-state index in [0.29, 0.717) is 187 Å². The van der Waals surface area contributed by atoms with Crippen LogP contribution in [0.3, 0.4) is 0 Å². The van der Waals surface area contributed by atoms with E-state index in [1.165, 1.54) is 38.2 Å². The summed E-state index contributed by atoms with van der Waals surface area (Å²) in [6.07, 6.45) is 8.78. The van der Waals surface area contributed by atoms with E-state index in [1.807, 2.05) is 43.2 Å². The largest absolute Gasteiger partial charge is 0.493 e. The molecular formula is C80H106N10O22. The number of ether oxygens (including phenoxy) is 13. The first-order valence-corrected chi connectivity index (χ1v) is 38.0. The van der Waals surface area contributed by atoms with Crippen LogP contribution in [0, 0.1) is 5.92 Å². The van der Waals surface area contributed by atoms with Crippen molar-refractivity contribution in [2.24, 2.45) is 15.9 Å². The van der Waals surface area contributed by atoms with E-state index in [0.717, 1.165) is 28.9 Å². The van der Waals surface area contributed by atoms with E-state index in [9.17, 15) is 43.2 Å². The number of rotatable bonds is 48. The van der Waals surface area contributed by atoms with Crippen LogP contribution in [-0.4, -0.2) is 263 Å². The number of nitrogens with one attached hydrogen (secondary N) is 4. The Labute approximate surface area is 652 Å². The molecule has 32 heteroatoms. The van der Waals surface area contributed by atoms with Gasteiger partial charge in [-0.25, -0.2) is 4.79 Å². The molecule has 1 saturated heterocycles. The smallest absolute Gasteiger partial charge is 0.414 e. The lowest BCUT2D eigenvalue weighted by Gasteiger charge is -2.42. The molecule has 4 atom stereocenters. The van der Waals surface area contributed by atoms with Crippen molar-refractivity contribution in [2.45, 2.75) is 116 Å². The third-order valence-electron chi connectivity index (χ3n) is 19.2. The minimum absolute atomic E-state index is 0.00332. The zero-order valence-electron chi connectivity index (χ0n) is 65.3. The first-order valence-electron chi connectivity index (χ1n) is 38.0. The second-order valence-corrected chi connectivity index (χ2v) is 28.0. The maximum Gasteiger partial charge on any atom is 0.414 e. The molecule has 9 rings (SSSR count). The Kier molecular flexibility index (Phi) is 33.2. The van der Waals surface area contributed by atoms with E-state index in [2.05, 4.69) is 21.3 Å². The molecule has 5 heterocycles. The number of hydrogen-bond donors (Lipinski definition) is 4. The van der Waals surface area contributed by atoms with Crippen LogP contribution in [0.5, 0.6) is 23.0 Å². The van der Waals surface area contributed by atoms with Crippen LogP contribution in [0.4, 0.5) is 27.5 Å². The number of carbonyl (C=O) groups is 9. The highest BCUT2D eigenvalue weighted by Crippen LogP contribution is 2.43. The molecule has 32 nitrogen and oxygen atoms in total. The van der Waals surface area contributed by atoms with Crippen LogP contribution in [0.25, 0.3) is 0 Å². The molecule has 608 valence electrons. The number of anilines is 2. The van der Waals surface area contributed by atoms with Crippen LogP contribution < -0.4 is 45.1 Å². The molecule has 1 fully saturated rings. The van der Waals surface area contributed by atoms with Gasteiger partial charge in [-0.2, -0.15) is 0 Å². The first-order chi connectivity index (χ1) is 54.1. The van der Waals surface area contributed by atoms with E-state index in [-0.39, 0.29) is 82.6 Å². The maximum atomic E-state index is 14.6. The lowest BCUT2D eigenvalue weighted by atomic mass is 9.84. The highest BCUT2D eigenvalue weighted by molar-refractivity contribution is 6.13. The molecule has 0 aromatic heterocycles. The van der Waals surface area contributed by atoms with Crippen LogP contribution in [0.1, 0.15) is 111 Å². The number of methoxy groups -OCH3 is 2. The molecule has 112 heavy (non-hydrogen) atoms. The summed E-state index contributed by atoms with van der Waals surface area (Å²) in [5, 5.41) is 11.0. The predicted molar refractivity (Wildman–Crippen MR) is 412 cm³/mol. The predicted octanol–water partition coefficient (Wildman–Crippen LogP) is 6.64. The van der Waals surface area contributed by atoms with E-state index >= 15 is 0 Å². The molecule has 4 N–H and O–H groups in total. The maximum absolute atomic E-state index is 14.6. The zero-order chi connectivity index (χ0) is 80.0. The van der Waals surface area contributed by atoms with Gasteiger partial charge in [-0.15, -0.1) is 0 Å². The van der Waals surface area contributed by atoms with Gasteiger partial charge >= 0.3 is 6.09 Å². The zero-order valence-corrected chi connectivity index (χ0v) is 65.3. The number of nitrogens with zero attached hydrogens (tertiary/aromatic N) is 6. The number of hydrogen-bond acceptors (Lipinski definition) is 24. The average molecular weight is 1560 g/mol. The number of benzene rings is 4. The van der Waals surface area contributed by atoms with Crippen molar-refractivity contribution < 1.29 is 105 Å². The topological polar surface area (TPSA) is 359 Å². The molecule has 4 aromatic rings. The van der Waals surface area contributed by atoms with Crippen LogP contribution in [0.15, 0.2) is 88.9 Å². The molecule has 1 unspecified atom stereocenters. The fourth-order valence-corrected chi connectivity index (χ4v) is 12.8. The van der Waals surface area contributed by atoms with Gasteiger partial charge in [-0.05, 0) is 99.0 Å². The van der Waals surface area contributed by atoms with Crippen molar-refractivity contribution in [1.82, 2.24) is 30.7 Å². The fourth-order valence-electron chi connectivity index (χ4n) is 12.8. The van der Waals surface area contributed by atoms with Crippen LogP contribution >= 0.6 is 0 Å². The summed E-state index contributed by atoms with van der Waals surface area (Å²) in [5.74, 6) is -1.42. The van der Waals surface area contributed by atoms with Crippen LogP contribution in [0.2, 0.25) is 0 Å². The quantitative estimate of drug-likeness (QED) is 0.0266. The summed E-state index contributed by atoms with van der Waals surface area (Å²) >= 11 is 0. The van der Waals surface area contributed by atoms with Crippen molar-refractivity contribution in [2.75, 3.05) is 170 Å². The minimum Gasteiger partial charge on any atom is -0.493 e. The number of amides is 9. The van der Waals surface area contributed by atoms with E-state index < -0.39 is 58.8 Å². The summed E-state index contributed by atoms with van der Waals surface area (Å²) < 4.78 is 73.7. The summed E-state index contributed by atoms with van der Waals surface area (Å²) in [7, 11) is 4.65. The van der Waals surface area contributed by atoms with Gasteiger partial charge in [0.15, 0.2) is 23.0 Å². The van der Waals surface area contributed by atoms with Gasteiger partial charge in [0.25, 0.3) is 23.6 Å². The van der Waals surface area contributed by atoms with Gasteiger partial charge in [-0.1, -0.05) is 32.0 Å². The van der Waals surface area contributed by atoms with Gasteiger partial charge in [0.05, 0.1) is 160 Å². The molecule has 4 aromatic carbocycles. The highest BCUT2D eigenvalue weighted by Gasteiger charge is 2.44. The molecule has 0 aliphatic carbocycles. The molecule has 0 bridgehead atoms. The van der Waals surface area contributed by atoms with Gasteiger partial charge in [0.2, 0.25) is 23.6 Å². The Balaban J connectivity index is 0.578. The third kappa shape index (κ3) is 24.8. The monoisotopic (exact) mass is 1560 g/mol. The molecule has 5 aliphatic heterocycles. The number of imide groups is 1. The average Bonchev–Trinajstić information content (AvgIpc) is 1.51. The van der Waals surface area contributed by atoms with Gasteiger partial charge in [0, 0.05) is 114 Å². The summed E-state index contributed by atoms with van der Waals surface area (Å²) in [5.41, 5.74) is 4.05. The second-order valence-electron chi connectivity index (χ2n) is 28.0. The molecule has 0 saturated carbocycles. The van der Waals surface area contributed by atoms with E-state index in [4.69, 9.17) is 71.6 Å². The summed E-state index contributed by atoms with van der Waals surface area (Å²) in [6.45, 7) is 16.8. The summed E-state index contributed by atoms with van der Waals surface area (Å²) in [4.78, 5) is 132. The fraction of sp³-hybridized carbons (Fsp3) is 0.537. The Hall–Kier alpha value is -9.93. The highest BCUT2D eigenvalue weighted by atomic mass is 16.6. The lowest BCUT2D eigenvalue weighted by Crippen LogP contribution is -2.54. The van der Waals surface area contributed by atoms with Gasteiger partial charge in [0.1, 0.15) is 18.7 Å². The van der Waals surface area contributed by atoms with Gasteiger partial charge in [-0.3, -0.25) is 58.1 Å². The van der Waals surface area contributed by atoms with Crippen molar-refractivity contribution in [3.8, 4) is 23.0 Å². The molecule has 0 radical (unpaired) electrons. The first kappa shape index (κ1) is 86.1. The molecule has 0 spiro atoms. The normalized spacial score (nSPS) is 17.2. The van der Waals surface area contributed by atoms with Crippen molar-refractivity contribution in [3.63, 3.8) is 0 Å². The minimum atomic E-state index is -0.963. The Bertz CT molecular complexity index is 3970. The third-order valence-corrected chi connectivity index (χ3v) is 19.2. The Morgan fingerprint density at radius 1 is 0.554 bits per heavy atom. The van der Waals surface area contributed by atoms with Crippen molar-refractivity contribution in [3.05, 3.63) is 107 Å². The Morgan fingerprint density at radius 2 is 1.08 bits per heavy atom. The van der Waals surface area contributed by atoms with Gasteiger partial charge < -0.3 is 92.6 Å². The van der Waals surface area contributed by atoms with Crippen LogP contribution in [-0.2, 0) is 91.0 Å². The van der Waals surface area contributed by atoms with Crippen molar-refractivity contribution in [1.29, 1.82) is 0 Å². The number of carbonyl (C=O) groups excluding carboxylic acids is 9.